The number of hydrogen-bond acceptors (Lipinski definition) is 5. The van der Waals surface area contributed by atoms with Crippen molar-refractivity contribution < 1.29 is 18.3 Å². The third-order valence-corrected chi connectivity index (χ3v) is 7.43. The first-order valence-electron chi connectivity index (χ1n) is 12.4. The molecule has 1 fully saturated rings. The molecule has 2 amide bonds. The molecule has 3 heterocycles. The van der Waals surface area contributed by atoms with Crippen molar-refractivity contribution in [3.8, 4) is 16.9 Å². The first-order valence-corrected chi connectivity index (χ1v) is 13.2. The third kappa shape index (κ3) is 6.02. The first kappa shape index (κ1) is 27.0. The number of aryl methyl sites for hydroxylation is 1. The predicted octanol–water partition coefficient (Wildman–Crippen LogP) is 4.55. The van der Waals surface area contributed by atoms with Crippen LogP contribution >= 0.6 is 15.9 Å². The fourth-order valence-electron chi connectivity index (χ4n) is 4.86. The van der Waals surface area contributed by atoms with Gasteiger partial charge in [-0.3, -0.25) is 14.9 Å². The average Bonchev–Trinajstić information content (AvgIpc) is 3.60. The summed E-state index contributed by atoms with van der Waals surface area (Å²) in [4.78, 5) is 15.5. The van der Waals surface area contributed by atoms with E-state index in [1.54, 1.807) is 22.7 Å². The number of nitrogens with zero attached hydrogens (tertiary/aromatic N) is 5. The second kappa shape index (κ2) is 11.6. The maximum Gasteiger partial charge on any atom is 0.320 e. The van der Waals surface area contributed by atoms with E-state index in [2.05, 4.69) is 36.6 Å². The number of methoxy groups -OCH3 is 1. The molecule has 0 radical (unpaired) electrons. The quantitative estimate of drug-likeness (QED) is 0.310. The fraction of sp³-hybridized carbons (Fsp3) is 0.296. The molecule has 2 aromatic carbocycles. The molecule has 5 rings (SSSR count). The highest BCUT2D eigenvalue weighted by molar-refractivity contribution is 9.10. The molecular formula is C27H28BrF2N7O2. The summed E-state index contributed by atoms with van der Waals surface area (Å²) in [6.45, 7) is 2.16. The Labute approximate surface area is 232 Å². The van der Waals surface area contributed by atoms with Crippen molar-refractivity contribution in [1.29, 1.82) is 0 Å². The number of rotatable bonds is 8. The van der Waals surface area contributed by atoms with Gasteiger partial charge >= 0.3 is 6.03 Å². The van der Waals surface area contributed by atoms with Crippen LogP contribution in [-0.2, 0) is 11.8 Å². The Hall–Kier alpha value is -3.61. The maximum absolute atomic E-state index is 14.1. The van der Waals surface area contributed by atoms with E-state index in [-0.39, 0.29) is 5.92 Å². The van der Waals surface area contributed by atoms with E-state index >= 15 is 0 Å². The number of benzene rings is 2. The van der Waals surface area contributed by atoms with E-state index in [9.17, 15) is 13.6 Å². The van der Waals surface area contributed by atoms with Crippen LogP contribution in [0.3, 0.4) is 0 Å². The molecule has 0 bridgehead atoms. The van der Waals surface area contributed by atoms with Gasteiger partial charge in [0, 0.05) is 57.5 Å². The molecule has 2 aromatic heterocycles. The number of para-hydroxylation sites is 1. The molecule has 1 aliphatic heterocycles. The number of nitrogens with one attached hydrogen (secondary N) is 2. The van der Waals surface area contributed by atoms with Crippen molar-refractivity contribution in [3.63, 3.8) is 0 Å². The largest absolute Gasteiger partial charge is 0.383 e. The van der Waals surface area contributed by atoms with Gasteiger partial charge in [0.25, 0.3) is 0 Å². The van der Waals surface area contributed by atoms with Crippen molar-refractivity contribution in [1.82, 2.24) is 29.8 Å². The van der Waals surface area contributed by atoms with Crippen molar-refractivity contribution in [2.45, 2.75) is 12.0 Å². The molecule has 1 aliphatic rings. The zero-order chi connectivity index (χ0) is 27.5. The minimum Gasteiger partial charge on any atom is -0.383 e. The molecule has 0 unspecified atom stereocenters. The number of likely N-dealkylation sites (tertiary alicyclic amines) is 1. The number of carbonyl (C=O) groups excluding carboxylic acids is 1. The molecule has 2 N–H and O–H groups in total. The number of aromatic nitrogens is 4. The number of halogens is 3. The molecule has 0 aliphatic carbocycles. The van der Waals surface area contributed by atoms with Gasteiger partial charge < -0.3 is 10.1 Å². The Morgan fingerprint density at radius 3 is 2.56 bits per heavy atom. The minimum atomic E-state index is -0.651. The molecule has 39 heavy (non-hydrogen) atoms. The summed E-state index contributed by atoms with van der Waals surface area (Å²) in [7, 11) is 3.43. The van der Waals surface area contributed by atoms with E-state index in [0.29, 0.717) is 47.8 Å². The zero-order valence-electron chi connectivity index (χ0n) is 21.4. The molecule has 12 heteroatoms. The van der Waals surface area contributed by atoms with Gasteiger partial charge in [-0.25, -0.2) is 18.3 Å². The number of amides is 2. The van der Waals surface area contributed by atoms with Crippen LogP contribution in [0.25, 0.3) is 16.9 Å². The van der Waals surface area contributed by atoms with Crippen molar-refractivity contribution in [3.05, 3.63) is 82.6 Å². The number of urea groups is 1. The highest BCUT2D eigenvalue weighted by Gasteiger charge is 2.35. The van der Waals surface area contributed by atoms with E-state index in [1.807, 2.05) is 43.6 Å². The van der Waals surface area contributed by atoms with Gasteiger partial charge in [-0.2, -0.15) is 10.2 Å². The van der Waals surface area contributed by atoms with Crippen LogP contribution in [0.2, 0.25) is 0 Å². The topological polar surface area (TPSA) is 89.2 Å². The lowest BCUT2D eigenvalue weighted by Crippen LogP contribution is -2.42. The number of ether oxygens (including phenoxy) is 1. The fourth-order valence-corrected chi connectivity index (χ4v) is 5.44. The molecular weight excluding hydrogens is 572 g/mol. The predicted molar refractivity (Wildman–Crippen MR) is 147 cm³/mol. The number of carbonyl (C=O) groups is 1. The molecule has 4 aromatic rings. The van der Waals surface area contributed by atoms with Gasteiger partial charge in [-0.15, -0.1) is 0 Å². The molecule has 9 nitrogen and oxygen atoms in total. The average molecular weight is 600 g/mol. The Balaban J connectivity index is 1.42. The zero-order valence-corrected chi connectivity index (χ0v) is 23.0. The Morgan fingerprint density at radius 1 is 1.15 bits per heavy atom. The molecule has 1 saturated heterocycles. The molecule has 0 saturated carbocycles. The monoisotopic (exact) mass is 599 g/mol. The lowest BCUT2D eigenvalue weighted by molar-refractivity contribution is 0.159. The van der Waals surface area contributed by atoms with E-state index in [1.165, 1.54) is 12.1 Å². The highest BCUT2D eigenvalue weighted by atomic mass is 79.9. The summed E-state index contributed by atoms with van der Waals surface area (Å²) in [6, 6.07) is 12.1. The van der Waals surface area contributed by atoms with Crippen molar-refractivity contribution in [2.75, 3.05) is 38.7 Å². The van der Waals surface area contributed by atoms with Crippen LogP contribution in [0.4, 0.5) is 19.4 Å². The SMILES string of the molecule is COCCN1C[C@@H](NC(=O)Nc2c(Br)c(-c3cnn(C)c3)nn2-c2ccccc2)[C@H](c2cc(F)cc(F)c2)C1. The minimum absolute atomic E-state index is 0.314. The second-order valence-electron chi connectivity index (χ2n) is 9.43. The van der Waals surface area contributed by atoms with Gasteiger partial charge in [-0.05, 0) is 45.8 Å². The Morgan fingerprint density at radius 2 is 1.90 bits per heavy atom. The first-order chi connectivity index (χ1) is 18.8. The van der Waals surface area contributed by atoms with E-state index in [0.717, 1.165) is 17.3 Å². The van der Waals surface area contributed by atoms with Gasteiger partial charge in [0.1, 0.15) is 17.3 Å². The summed E-state index contributed by atoms with van der Waals surface area (Å²) in [5, 5.41) is 14.9. The molecule has 2 atom stereocenters. The van der Waals surface area contributed by atoms with Gasteiger partial charge in [0.05, 0.1) is 29.0 Å². The Kier molecular flexibility index (Phi) is 8.05. The van der Waals surface area contributed by atoms with Crippen LogP contribution < -0.4 is 10.6 Å². The summed E-state index contributed by atoms with van der Waals surface area (Å²) in [5.41, 5.74) is 2.64. The lowest BCUT2D eigenvalue weighted by Gasteiger charge is -2.21. The molecule has 0 spiro atoms. The summed E-state index contributed by atoms with van der Waals surface area (Å²) in [5.74, 6) is -1.18. The van der Waals surface area contributed by atoms with Crippen molar-refractivity contribution in [2.24, 2.45) is 7.05 Å². The number of hydrogen-bond donors (Lipinski definition) is 2. The summed E-state index contributed by atoms with van der Waals surface area (Å²) in [6.07, 6.45) is 3.53. The van der Waals surface area contributed by atoms with Gasteiger partial charge in [0.15, 0.2) is 5.82 Å². The second-order valence-corrected chi connectivity index (χ2v) is 10.2. The summed E-state index contributed by atoms with van der Waals surface area (Å²) >= 11 is 3.62. The standard InChI is InChI=1S/C27H28BrF2N7O2/c1-35-14-18(13-31-35)25-24(28)26(37(34-25)21-6-4-3-5-7-21)33-27(38)32-23-16-36(8-9-39-2)15-22(23)17-10-19(29)12-20(30)11-17/h3-7,10-14,22-23H,8-9,15-16H2,1-2H3,(H2,32,33,38)/t22-,23+/m0/s1. The third-order valence-electron chi connectivity index (χ3n) is 6.68. The van der Waals surface area contributed by atoms with Crippen LogP contribution in [0.5, 0.6) is 0 Å². The number of anilines is 1. The van der Waals surface area contributed by atoms with Crippen LogP contribution in [0.15, 0.2) is 65.4 Å². The highest BCUT2D eigenvalue weighted by Crippen LogP contribution is 2.36. The normalized spacial score (nSPS) is 17.5. The van der Waals surface area contributed by atoms with Crippen LogP contribution in [-0.4, -0.2) is 69.9 Å². The maximum atomic E-state index is 14.1. The van der Waals surface area contributed by atoms with Gasteiger partial charge in [-0.1, -0.05) is 18.2 Å². The van der Waals surface area contributed by atoms with E-state index in [4.69, 9.17) is 9.84 Å². The van der Waals surface area contributed by atoms with Crippen LogP contribution in [0.1, 0.15) is 11.5 Å². The lowest BCUT2D eigenvalue weighted by atomic mass is 9.94. The smallest absolute Gasteiger partial charge is 0.320 e. The van der Waals surface area contributed by atoms with Crippen molar-refractivity contribution >= 4 is 27.8 Å². The van der Waals surface area contributed by atoms with Gasteiger partial charge in [0.2, 0.25) is 0 Å². The Bertz CT molecular complexity index is 1440. The van der Waals surface area contributed by atoms with E-state index < -0.39 is 23.7 Å². The summed E-state index contributed by atoms with van der Waals surface area (Å²) < 4.78 is 37.2. The molecule has 204 valence electrons. The van der Waals surface area contributed by atoms with Crippen LogP contribution in [0, 0.1) is 11.6 Å².